The van der Waals surface area contributed by atoms with E-state index in [1.54, 1.807) is 11.0 Å². The standard InChI is InChI=1S/C20H24N2O4S/c1-2-15-5-3-4-6-16(15)11-21-8-9-22(20(23)17-7-10-26-12-17)19-14-27(24,25)13-18(19)21/h3-7,10,12,18-19H,2,8-9,11,13-14H2,1H3/t18-,19+/m0/s1. The summed E-state index contributed by atoms with van der Waals surface area (Å²) in [6.45, 7) is 4.03. The van der Waals surface area contributed by atoms with Gasteiger partial charge in [0.2, 0.25) is 0 Å². The Hall–Kier alpha value is -2.12. The molecule has 2 aliphatic heterocycles. The summed E-state index contributed by atoms with van der Waals surface area (Å²) in [6, 6.07) is 9.45. The number of rotatable bonds is 4. The Morgan fingerprint density at radius 1 is 1.11 bits per heavy atom. The molecule has 4 rings (SSSR count). The number of amides is 1. The van der Waals surface area contributed by atoms with Gasteiger partial charge >= 0.3 is 0 Å². The first-order valence-corrected chi connectivity index (χ1v) is 11.1. The number of hydrogen-bond donors (Lipinski definition) is 0. The van der Waals surface area contributed by atoms with Gasteiger partial charge in [-0.2, -0.15) is 0 Å². The Kier molecular flexibility index (Phi) is 4.82. The number of piperazine rings is 1. The van der Waals surface area contributed by atoms with Gasteiger partial charge in [-0.15, -0.1) is 0 Å². The van der Waals surface area contributed by atoms with Crippen molar-refractivity contribution >= 4 is 15.7 Å². The summed E-state index contributed by atoms with van der Waals surface area (Å²) in [4.78, 5) is 16.8. The molecule has 0 aliphatic carbocycles. The first-order chi connectivity index (χ1) is 13.0. The maximum absolute atomic E-state index is 12.8. The largest absolute Gasteiger partial charge is 0.472 e. The van der Waals surface area contributed by atoms with E-state index in [4.69, 9.17) is 4.42 Å². The highest BCUT2D eigenvalue weighted by Crippen LogP contribution is 2.30. The molecule has 0 bridgehead atoms. The van der Waals surface area contributed by atoms with E-state index in [-0.39, 0.29) is 29.5 Å². The van der Waals surface area contributed by atoms with Crippen LogP contribution in [0.4, 0.5) is 0 Å². The van der Waals surface area contributed by atoms with Gasteiger partial charge < -0.3 is 9.32 Å². The van der Waals surface area contributed by atoms with Gasteiger partial charge in [-0.3, -0.25) is 9.69 Å². The maximum atomic E-state index is 12.8. The Labute approximate surface area is 159 Å². The van der Waals surface area contributed by atoms with Crippen LogP contribution in [0.15, 0.2) is 47.3 Å². The van der Waals surface area contributed by atoms with E-state index in [0.29, 0.717) is 25.2 Å². The van der Waals surface area contributed by atoms with Crippen LogP contribution in [0.1, 0.15) is 28.4 Å². The van der Waals surface area contributed by atoms with Crippen LogP contribution in [0.3, 0.4) is 0 Å². The van der Waals surface area contributed by atoms with Crippen LogP contribution in [-0.2, 0) is 22.8 Å². The fraction of sp³-hybridized carbons (Fsp3) is 0.450. The first-order valence-electron chi connectivity index (χ1n) is 9.33. The lowest BCUT2D eigenvalue weighted by Gasteiger charge is -2.44. The number of carbonyl (C=O) groups is 1. The van der Waals surface area contributed by atoms with Gasteiger partial charge in [-0.1, -0.05) is 31.2 Å². The highest BCUT2D eigenvalue weighted by molar-refractivity contribution is 7.91. The molecule has 1 amide bonds. The first kappa shape index (κ1) is 18.3. The van der Waals surface area contributed by atoms with E-state index in [2.05, 4.69) is 24.0 Å². The van der Waals surface area contributed by atoms with Gasteiger partial charge in [0.15, 0.2) is 9.84 Å². The lowest BCUT2D eigenvalue weighted by molar-refractivity contribution is 0.0305. The van der Waals surface area contributed by atoms with Crippen LogP contribution < -0.4 is 0 Å². The molecule has 6 nitrogen and oxygen atoms in total. The van der Waals surface area contributed by atoms with Gasteiger partial charge in [0, 0.05) is 25.7 Å². The van der Waals surface area contributed by atoms with Gasteiger partial charge in [0.05, 0.1) is 29.4 Å². The van der Waals surface area contributed by atoms with E-state index in [9.17, 15) is 13.2 Å². The van der Waals surface area contributed by atoms with Crippen molar-refractivity contribution in [2.24, 2.45) is 0 Å². The van der Waals surface area contributed by atoms with Crippen LogP contribution in [0.2, 0.25) is 0 Å². The smallest absolute Gasteiger partial charge is 0.257 e. The number of aryl methyl sites for hydroxylation is 1. The molecule has 27 heavy (non-hydrogen) atoms. The predicted octanol–water partition coefficient (Wildman–Crippen LogP) is 1.97. The molecule has 0 N–H and O–H groups in total. The molecule has 7 heteroatoms. The van der Waals surface area contributed by atoms with Crippen molar-refractivity contribution in [1.29, 1.82) is 0 Å². The summed E-state index contributed by atoms with van der Waals surface area (Å²) in [7, 11) is -3.16. The molecule has 1 aromatic carbocycles. The number of sulfone groups is 1. The topological polar surface area (TPSA) is 70.8 Å². The molecule has 0 saturated carbocycles. The summed E-state index contributed by atoms with van der Waals surface area (Å²) in [5.74, 6) is -0.00152. The second kappa shape index (κ2) is 7.13. The summed E-state index contributed by atoms with van der Waals surface area (Å²) < 4.78 is 29.8. The second-order valence-electron chi connectivity index (χ2n) is 7.31. The SMILES string of the molecule is CCc1ccccc1CN1CCN(C(=O)c2ccoc2)[C@@H]2CS(=O)(=O)C[C@@H]21. The van der Waals surface area contributed by atoms with E-state index in [0.717, 1.165) is 6.42 Å². The monoisotopic (exact) mass is 388 g/mol. The third kappa shape index (κ3) is 3.53. The minimum atomic E-state index is -3.16. The van der Waals surface area contributed by atoms with Crippen molar-refractivity contribution in [3.05, 3.63) is 59.5 Å². The number of carbonyl (C=O) groups excluding carboxylic acids is 1. The third-order valence-corrected chi connectivity index (χ3v) is 7.39. The molecule has 2 fully saturated rings. The molecule has 2 aliphatic rings. The summed E-state index contributed by atoms with van der Waals surface area (Å²) in [6.07, 6.45) is 3.83. The van der Waals surface area contributed by atoms with Crippen molar-refractivity contribution in [3.63, 3.8) is 0 Å². The number of hydrogen-bond acceptors (Lipinski definition) is 5. The Bertz CT molecular complexity index is 923. The summed E-state index contributed by atoms with van der Waals surface area (Å²) in [5.41, 5.74) is 2.99. The molecule has 2 atom stereocenters. The molecular weight excluding hydrogens is 364 g/mol. The fourth-order valence-corrected chi connectivity index (χ4v) is 6.31. The summed E-state index contributed by atoms with van der Waals surface area (Å²) in [5, 5.41) is 0. The van der Waals surface area contributed by atoms with Crippen molar-refractivity contribution < 1.29 is 17.6 Å². The minimum absolute atomic E-state index is 0.0349. The lowest BCUT2D eigenvalue weighted by atomic mass is 10.00. The zero-order valence-corrected chi connectivity index (χ0v) is 16.2. The highest BCUT2D eigenvalue weighted by atomic mass is 32.2. The number of nitrogens with zero attached hydrogens (tertiary/aromatic N) is 2. The number of furan rings is 1. The zero-order valence-electron chi connectivity index (χ0n) is 15.4. The highest BCUT2D eigenvalue weighted by Gasteiger charge is 2.48. The average molecular weight is 388 g/mol. The summed E-state index contributed by atoms with van der Waals surface area (Å²) >= 11 is 0. The Morgan fingerprint density at radius 3 is 2.56 bits per heavy atom. The van der Waals surface area contributed by atoms with E-state index < -0.39 is 9.84 Å². The fourth-order valence-electron chi connectivity index (χ4n) is 4.30. The Balaban J connectivity index is 1.59. The minimum Gasteiger partial charge on any atom is -0.472 e. The van der Waals surface area contributed by atoms with Gasteiger partial charge in [-0.25, -0.2) is 8.42 Å². The van der Waals surface area contributed by atoms with Gasteiger partial charge in [-0.05, 0) is 23.6 Å². The van der Waals surface area contributed by atoms with Crippen LogP contribution in [-0.4, -0.2) is 60.8 Å². The average Bonchev–Trinajstić information content (AvgIpc) is 3.29. The zero-order chi connectivity index (χ0) is 19.0. The molecule has 3 heterocycles. The molecule has 1 aromatic heterocycles. The van der Waals surface area contributed by atoms with Gasteiger partial charge in [0.1, 0.15) is 6.26 Å². The molecule has 144 valence electrons. The lowest BCUT2D eigenvalue weighted by Crippen LogP contribution is -2.60. The molecule has 2 aromatic rings. The van der Waals surface area contributed by atoms with Crippen LogP contribution >= 0.6 is 0 Å². The third-order valence-electron chi connectivity index (χ3n) is 5.69. The number of fused-ring (bicyclic) bond motifs is 1. The second-order valence-corrected chi connectivity index (χ2v) is 9.47. The van der Waals surface area contributed by atoms with E-state index in [1.165, 1.54) is 23.7 Å². The molecular formula is C20H24N2O4S. The van der Waals surface area contributed by atoms with Crippen LogP contribution in [0.5, 0.6) is 0 Å². The molecule has 0 unspecified atom stereocenters. The Morgan fingerprint density at radius 2 is 1.85 bits per heavy atom. The van der Waals surface area contributed by atoms with Crippen LogP contribution in [0.25, 0.3) is 0 Å². The van der Waals surface area contributed by atoms with Crippen molar-refractivity contribution in [1.82, 2.24) is 9.80 Å². The van der Waals surface area contributed by atoms with E-state index >= 15 is 0 Å². The van der Waals surface area contributed by atoms with Crippen molar-refractivity contribution in [2.45, 2.75) is 32.0 Å². The van der Waals surface area contributed by atoms with Gasteiger partial charge in [0.25, 0.3) is 5.91 Å². The molecule has 0 spiro atoms. The number of benzene rings is 1. The van der Waals surface area contributed by atoms with Crippen molar-refractivity contribution in [3.8, 4) is 0 Å². The van der Waals surface area contributed by atoms with E-state index in [1.807, 2.05) is 12.1 Å². The molecule has 0 radical (unpaired) electrons. The molecule has 2 saturated heterocycles. The predicted molar refractivity (Wildman–Crippen MR) is 102 cm³/mol. The maximum Gasteiger partial charge on any atom is 0.257 e. The van der Waals surface area contributed by atoms with Crippen LogP contribution in [0, 0.1) is 0 Å². The normalized spacial score (nSPS) is 24.7. The van der Waals surface area contributed by atoms with Crippen molar-refractivity contribution in [2.75, 3.05) is 24.6 Å². The quantitative estimate of drug-likeness (QED) is 0.801.